The Kier molecular flexibility index (Phi) is 6.40. The molecule has 2 aliphatic rings. The number of hydrogen-bond donors (Lipinski definition) is 3. The van der Waals surface area contributed by atoms with Crippen LogP contribution < -0.4 is 21.1 Å². The van der Waals surface area contributed by atoms with Crippen LogP contribution >= 0.6 is 0 Å². The summed E-state index contributed by atoms with van der Waals surface area (Å²) in [7, 11) is 0. The number of nitrogens with two attached hydrogens (primary N) is 1. The fourth-order valence-electron chi connectivity index (χ4n) is 4.63. The molecule has 4 heterocycles. The second kappa shape index (κ2) is 9.68. The van der Waals surface area contributed by atoms with Crippen molar-refractivity contribution in [2.45, 2.75) is 32.5 Å². The van der Waals surface area contributed by atoms with Gasteiger partial charge < -0.3 is 25.4 Å². The molecule has 0 saturated carbocycles. The lowest BCUT2D eigenvalue weighted by atomic mass is 9.97. The van der Waals surface area contributed by atoms with E-state index < -0.39 is 24.2 Å². The number of fused-ring (bicyclic) bond motifs is 2. The standard InChI is InChI=1S/C25H26F2N6O4/c1-12-16(9-31-24-23(12)29-4-6-36-24)15-7-14-8-20(30-10-17(14)22(28)21(15)27)32-25(35)37-19-3-5-33(13(2)34)11-18(19)26/h7-10,18-19,29H,3-6,11,28H2,1-2H3,(H,30,32,35). The summed E-state index contributed by atoms with van der Waals surface area (Å²) in [5.41, 5.74) is 8.25. The van der Waals surface area contributed by atoms with E-state index in [1.807, 2.05) is 6.92 Å². The van der Waals surface area contributed by atoms with Gasteiger partial charge in [-0.15, -0.1) is 0 Å². The van der Waals surface area contributed by atoms with Gasteiger partial charge in [0.15, 0.2) is 12.0 Å². The summed E-state index contributed by atoms with van der Waals surface area (Å²) in [4.78, 5) is 33.7. The van der Waals surface area contributed by atoms with Crippen LogP contribution in [0.5, 0.6) is 5.88 Å². The van der Waals surface area contributed by atoms with E-state index in [9.17, 15) is 14.0 Å². The molecule has 2 aromatic heterocycles. The Morgan fingerprint density at radius 3 is 2.84 bits per heavy atom. The molecule has 10 nitrogen and oxygen atoms in total. The predicted octanol–water partition coefficient (Wildman–Crippen LogP) is 3.64. The van der Waals surface area contributed by atoms with Gasteiger partial charge in [-0.05, 0) is 30.0 Å². The molecule has 1 aromatic carbocycles. The van der Waals surface area contributed by atoms with Crippen LogP contribution in [0.3, 0.4) is 0 Å². The van der Waals surface area contributed by atoms with Crippen LogP contribution in [0.2, 0.25) is 0 Å². The molecule has 2 amide bonds. The summed E-state index contributed by atoms with van der Waals surface area (Å²) in [5, 5.41) is 6.61. The van der Waals surface area contributed by atoms with Crippen molar-refractivity contribution in [2.24, 2.45) is 0 Å². The molecule has 1 fully saturated rings. The smallest absolute Gasteiger partial charge is 0.413 e. The molecule has 2 atom stereocenters. The molecule has 12 heteroatoms. The fraction of sp³-hybridized carbons (Fsp3) is 0.360. The number of pyridine rings is 2. The highest BCUT2D eigenvalue weighted by Gasteiger charge is 2.33. The fourth-order valence-corrected chi connectivity index (χ4v) is 4.63. The minimum Gasteiger partial charge on any atom is -0.474 e. The number of halogens is 2. The molecular formula is C25H26F2N6O4. The number of ether oxygens (including phenoxy) is 2. The second-order valence-electron chi connectivity index (χ2n) is 9.03. The zero-order valence-electron chi connectivity index (χ0n) is 20.3. The van der Waals surface area contributed by atoms with Crippen molar-refractivity contribution in [1.29, 1.82) is 0 Å². The highest BCUT2D eigenvalue weighted by atomic mass is 19.1. The number of nitrogens with zero attached hydrogens (tertiary/aromatic N) is 3. The number of alkyl halides is 1. The third-order valence-corrected chi connectivity index (χ3v) is 6.65. The van der Waals surface area contributed by atoms with Crippen molar-refractivity contribution in [1.82, 2.24) is 14.9 Å². The second-order valence-corrected chi connectivity index (χ2v) is 9.03. The van der Waals surface area contributed by atoms with Gasteiger partial charge in [0.2, 0.25) is 11.8 Å². The van der Waals surface area contributed by atoms with Crippen LogP contribution in [0, 0.1) is 12.7 Å². The number of hydrogen-bond acceptors (Lipinski definition) is 8. The predicted molar refractivity (Wildman–Crippen MR) is 134 cm³/mol. The topological polar surface area (TPSA) is 132 Å². The lowest BCUT2D eigenvalue weighted by molar-refractivity contribution is -0.133. The summed E-state index contributed by atoms with van der Waals surface area (Å²) in [5.74, 6) is -0.256. The van der Waals surface area contributed by atoms with Gasteiger partial charge in [-0.2, -0.15) is 0 Å². The van der Waals surface area contributed by atoms with Crippen molar-refractivity contribution < 1.29 is 27.8 Å². The maximum absolute atomic E-state index is 15.3. The van der Waals surface area contributed by atoms with E-state index in [4.69, 9.17) is 15.2 Å². The molecule has 5 rings (SSSR count). The summed E-state index contributed by atoms with van der Waals surface area (Å²) < 4.78 is 40.5. The Morgan fingerprint density at radius 2 is 2.08 bits per heavy atom. The molecule has 1 saturated heterocycles. The van der Waals surface area contributed by atoms with Gasteiger partial charge in [-0.1, -0.05) is 0 Å². The number of nitrogen functional groups attached to an aromatic ring is 1. The third-order valence-electron chi connectivity index (χ3n) is 6.65. The minimum atomic E-state index is -1.49. The van der Waals surface area contributed by atoms with Crippen molar-refractivity contribution in [3.05, 3.63) is 35.9 Å². The quantitative estimate of drug-likeness (QED) is 0.454. The maximum Gasteiger partial charge on any atom is 0.413 e. The first-order valence-electron chi connectivity index (χ1n) is 11.8. The highest BCUT2D eigenvalue weighted by Crippen LogP contribution is 2.39. The number of carbonyl (C=O) groups is 2. The molecule has 2 unspecified atom stereocenters. The molecule has 0 aliphatic carbocycles. The average Bonchev–Trinajstić information content (AvgIpc) is 2.88. The number of rotatable bonds is 3. The molecule has 0 spiro atoms. The molecule has 2 aliphatic heterocycles. The van der Waals surface area contributed by atoms with Crippen LogP contribution in [0.4, 0.5) is 30.8 Å². The number of anilines is 3. The molecule has 37 heavy (non-hydrogen) atoms. The number of benzene rings is 1. The number of aromatic nitrogens is 2. The first-order chi connectivity index (χ1) is 17.7. The minimum absolute atomic E-state index is 0.0899. The SMILES string of the molecule is CC(=O)N1CCC(OC(=O)Nc2cc3cc(-c4cnc5c(c4C)NCCO5)c(F)c(N)c3cn2)C(F)C1. The average molecular weight is 513 g/mol. The van der Waals surface area contributed by atoms with Crippen LogP contribution in [0.1, 0.15) is 18.9 Å². The van der Waals surface area contributed by atoms with Crippen LogP contribution in [-0.2, 0) is 9.53 Å². The van der Waals surface area contributed by atoms with Gasteiger partial charge in [0.1, 0.15) is 24.2 Å². The van der Waals surface area contributed by atoms with E-state index in [2.05, 4.69) is 20.6 Å². The van der Waals surface area contributed by atoms with Crippen molar-refractivity contribution in [2.75, 3.05) is 42.6 Å². The van der Waals surface area contributed by atoms with Crippen LogP contribution in [-0.4, -0.2) is 65.4 Å². The zero-order chi connectivity index (χ0) is 26.3. The van der Waals surface area contributed by atoms with Crippen molar-refractivity contribution >= 4 is 40.0 Å². The number of nitrogens with one attached hydrogen (secondary N) is 2. The number of amides is 2. The van der Waals surface area contributed by atoms with Gasteiger partial charge in [0, 0.05) is 55.3 Å². The first kappa shape index (κ1) is 24.5. The summed E-state index contributed by atoms with van der Waals surface area (Å²) in [6.07, 6.45) is -0.285. The van der Waals surface area contributed by atoms with Gasteiger partial charge in [0.05, 0.1) is 12.2 Å². The molecule has 0 radical (unpaired) electrons. The Bertz CT molecular complexity index is 1400. The van der Waals surface area contributed by atoms with E-state index in [1.54, 1.807) is 6.07 Å². The number of carbonyl (C=O) groups excluding carboxylic acids is 2. The highest BCUT2D eigenvalue weighted by molar-refractivity contribution is 5.99. The zero-order valence-corrected chi connectivity index (χ0v) is 20.3. The van der Waals surface area contributed by atoms with Gasteiger partial charge in [0.25, 0.3) is 0 Å². The van der Waals surface area contributed by atoms with Gasteiger partial charge in [-0.25, -0.2) is 23.5 Å². The molecular weight excluding hydrogens is 486 g/mol. The Balaban J connectivity index is 1.39. The van der Waals surface area contributed by atoms with E-state index >= 15 is 4.39 Å². The van der Waals surface area contributed by atoms with Crippen LogP contribution in [0.25, 0.3) is 21.9 Å². The molecule has 3 aromatic rings. The van der Waals surface area contributed by atoms with Gasteiger partial charge >= 0.3 is 6.09 Å². The number of likely N-dealkylation sites (tertiary alicyclic amines) is 1. The van der Waals surface area contributed by atoms with E-state index in [1.165, 1.54) is 30.3 Å². The summed E-state index contributed by atoms with van der Waals surface area (Å²) >= 11 is 0. The van der Waals surface area contributed by atoms with E-state index in [-0.39, 0.29) is 35.9 Å². The lowest BCUT2D eigenvalue weighted by Crippen LogP contribution is -2.48. The van der Waals surface area contributed by atoms with E-state index in [0.717, 1.165) is 5.56 Å². The molecule has 4 N–H and O–H groups in total. The first-order valence-corrected chi connectivity index (χ1v) is 11.8. The Morgan fingerprint density at radius 1 is 1.27 bits per heavy atom. The molecule has 194 valence electrons. The Hall–Kier alpha value is -4.22. The van der Waals surface area contributed by atoms with Crippen LogP contribution in [0.15, 0.2) is 24.5 Å². The number of piperidine rings is 1. The summed E-state index contributed by atoms with van der Waals surface area (Å²) in [6, 6.07) is 3.14. The van der Waals surface area contributed by atoms with Crippen molar-refractivity contribution in [3.8, 4) is 17.0 Å². The lowest BCUT2D eigenvalue weighted by Gasteiger charge is -2.33. The third kappa shape index (κ3) is 4.66. The normalized spacial score (nSPS) is 19.0. The van der Waals surface area contributed by atoms with E-state index in [0.29, 0.717) is 47.6 Å². The summed E-state index contributed by atoms with van der Waals surface area (Å²) in [6.45, 7) is 4.47. The monoisotopic (exact) mass is 512 g/mol. The molecule has 0 bridgehead atoms. The largest absolute Gasteiger partial charge is 0.474 e. The van der Waals surface area contributed by atoms with Crippen molar-refractivity contribution in [3.63, 3.8) is 0 Å². The Labute approximate surface area is 211 Å². The maximum atomic E-state index is 15.3. The van der Waals surface area contributed by atoms with Gasteiger partial charge in [-0.3, -0.25) is 10.1 Å².